The summed E-state index contributed by atoms with van der Waals surface area (Å²) in [6, 6.07) is 0. The van der Waals surface area contributed by atoms with Crippen molar-refractivity contribution in [3.05, 3.63) is 22.5 Å². The molecule has 0 saturated carbocycles. The van der Waals surface area contributed by atoms with Gasteiger partial charge in [0.05, 0.1) is 13.3 Å². The van der Waals surface area contributed by atoms with Crippen LogP contribution in [-0.2, 0) is 6.54 Å². The van der Waals surface area contributed by atoms with E-state index in [4.69, 9.17) is 11.3 Å². The first-order valence-corrected chi connectivity index (χ1v) is 3.50. The van der Waals surface area contributed by atoms with Gasteiger partial charge in [0.1, 0.15) is 4.88 Å². The van der Waals surface area contributed by atoms with Crippen molar-refractivity contribution >= 4 is 11.3 Å². The first-order chi connectivity index (χ1) is 4.86. The molecule has 0 aliphatic rings. The number of hydrogen-bond donors (Lipinski definition) is 0. The fourth-order valence-corrected chi connectivity index (χ4v) is 1.18. The van der Waals surface area contributed by atoms with Crippen molar-refractivity contribution in [3.8, 4) is 5.19 Å². The fourth-order valence-electron chi connectivity index (χ4n) is 0.535. The van der Waals surface area contributed by atoms with E-state index in [-0.39, 0.29) is 0 Å². The highest BCUT2D eigenvalue weighted by Crippen LogP contribution is 2.19. The van der Waals surface area contributed by atoms with E-state index in [9.17, 15) is 0 Å². The fraction of sp³-hybridized carbons (Fsp3) is 0.333. The smallest absolute Gasteiger partial charge is 0.273 e. The Morgan fingerprint density at radius 1 is 1.90 bits per heavy atom. The molecule has 0 atom stereocenters. The average molecular weight is 154 g/mol. The van der Waals surface area contributed by atoms with Crippen LogP contribution in [0.1, 0.15) is 4.88 Å². The molecule has 0 unspecified atom stereocenters. The summed E-state index contributed by atoms with van der Waals surface area (Å²) in [5.41, 5.74) is 0. The van der Waals surface area contributed by atoms with Crippen LogP contribution in [-0.4, -0.2) is 12.1 Å². The van der Waals surface area contributed by atoms with Crippen LogP contribution in [0.4, 0.5) is 0 Å². The molecule has 0 aliphatic carbocycles. The Morgan fingerprint density at radius 3 is 3.20 bits per heavy atom. The molecule has 0 saturated heterocycles. The van der Waals surface area contributed by atoms with Gasteiger partial charge in [0, 0.05) is 0 Å². The van der Waals surface area contributed by atoms with Gasteiger partial charge in [-0.1, -0.05) is 11.3 Å². The van der Waals surface area contributed by atoms with Gasteiger partial charge in [-0.15, -0.1) is 0 Å². The summed E-state index contributed by atoms with van der Waals surface area (Å²) < 4.78 is 4.85. The Morgan fingerprint density at radius 2 is 2.70 bits per heavy atom. The van der Waals surface area contributed by atoms with Crippen LogP contribution < -0.4 is 4.74 Å². The lowest BCUT2D eigenvalue weighted by atomic mass is 10.6. The molecule has 0 amide bonds. The molecule has 1 heterocycles. The van der Waals surface area contributed by atoms with Crippen molar-refractivity contribution in [1.82, 2.24) is 4.98 Å². The highest BCUT2D eigenvalue weighted by molar-refractivity contribution is 7.13. The van der Waals surface area contributed by atoms with E-state index in [0.717, 1.165) is 4.88 Å². The molecule has 0 radical (unpaired) electrons. The van der Waals surface area contributed by atoms with Gasteiger partial charge in [-0.2, -0.15) is 0 Å². The van der Waals surface area contributed by atoms with Crippen molar-refractivity contribution in [2.45, 2.75) is 6.54 Å². The zero-order valence-electron chi connectivity index (χ0n) is 5.50. The SMILES string of the molecule is [C-]#[N+]Cc1cnc(OC)s1. The van der Waals surface area contributed by atoms with Gasteiger partial charge in [0.2, 0.25) is 6.54 Å². The Kier molecular flexibility index (Phi) is 2.24. The summed E-state index contributed by atoms with van der Waals surface area (Å²) in [4.78, 5) is 8.08. The quantitative estimate of drug-likeness (QED) is 0.604. The van der Waals surface area contributed by atoms with Gasteiger partial charge in [-0.3, -0.25) is 0 Å². The molecule has 0 spiro atoms. The molecule has 3 nitrogen and oxygen atoms in total. The molecule has 4 heteroatoms. The molecule has 1 aromatic heterocycles. The van der Waals surface area contributed by atoms with Crippen molar-refractivity contribution in [2.24, 2.45) is 0 Å². The standard InChI is InChI=1S/C6H6N2OS/c1-7-3-5-4-8-6(9-2)10-5/h4H,3H2,2H3. The van der Waals surface area contributed by atoms with Crippen LogP contribution >= 0.6 is 11.3 Å². The second kappa shape index (κ2) is 3.18. The lowest BCUT2D eigenvalue weighted by molar-refractivity contribution is 0.412. The minimum Gasteiger partial charge on any atom is -0.473 e. The molecule has 0 aromatic carbocycles. The highest BCUT2D eigenvalue weighted by atomic mass is 32.1. The van der Waals surface area contributed by atoms with E-state index in [2.05, 4.69) is 9.83 Å². The highest BCUT2D eigenvalue weighted by Gasteiger charge is 2.01. The third-order valence-electron chi connectivity index (χ3n) is 0.942. The maximum Gasteiger partial charge on any atom is 0.273 e. The van der Waals surface area contributed by atoms with Crippen LogP contribution in [0.15, 0.2) is 6.20 Å². The van der Waals surface area contributed by atoms with E-state index in [1.54, 1.807) is 13.3 Å². The number of hydrogen-bond acceptors (Lipinski definition) is 3. The molecule has 1 rings (SSSR count). The van der Waals surface area contributed by atoms with E-state index >= 15 is 0 Å². The lowest BCUT2D eigenvalue weighted by Gasteiger charge is -1.85. The van der Waals surface area contributed by atoms with Crippen molar-refractivity contribution in [3.63, 3.8) is 0 Å². The first-order valence-electron chi connectivity index (χ1n) is 2.68. The second-order valence-electron chi connectivity index (χ2n) is 1.61. The Labute approximate surface area is 63.1 Å². The van der Waals surface area contributed by atoms with Crippen LogP contribution in [0.2, 0.25) is 0 Å². The zero-order chi connectivity index (χ0) is 7.40. The summed E-state index contributed by atoms with van der Waals surface area (Å²) in [6.45, 7) is 6.97. The molecule has 52 valence electrons. The number of methoxy groups -OCH3 is 1. The second-order valence-corrected chi connectivity index (χ2v) is 2.69. The monoisotopic (exact) mass is 154 g/mol. The van der Waals surface area contributed by atoms with Crippen molar-refractivity contribution in [1.29, 1.82) is 0 Å². The molecular weight excluding hydrogens is 148 g/mol. The van der Waals surface area contributed by atoms with Gasteiger partial charge in [0.25, 0.3) is 5.19 Å². The molecule has 0 bridgehead atoms. The van der Waals surface area contributed by atoms with Crippen LogP contribution in [0, 0.1) is 6.57 Å². The van der Waals surface area contributed by atoms with E-state index in [0.29, 0.717) is 11.7 Å². The number of ether oxygens (including phenoxy) is 1. The molecule has 0 fully saturated rings. The van der Waals surface area contributed by atoms with Gasteiger partial charge >= 0.3 is 0 Å². The van der Waals surface area contributed by atoms with Gasteiger partial charge in [0.15, 0.2) is 0 Å². The summed E-state index contributed by atoms with van der Waals surface area (Å²) >= 11 is 1.41. The molecule has 0 aliphatic heterocycles. The van der Waals surface area contributed by atoms with Gasteiger partial charge in [-0.05, 0) is 0 Å². The predicted octanol–water partition coefficient (Wildman–Crippen LogP) is 1.57. The first kappa shape index (κ1) is 7.03. The largest absolute Gasteiger partial charge is 0.473 e. The minimum atomic E-state index is 0.404. The summed E-state index contributed by atoms with van der Waals surface area (Å²) in [6.07, 6.45) is 1.67. The summed E-state index contributed by atoms with van der Waals surface area (Å²) in [5.74, 6) is 0. The van der Waals surface area contributed by atoms with Crippen molar-refractivity contribution in [2.75, 3.05) is 7.11 Å². The molecule has 10 heavy (non-hydrogen) atoms. The van der Waals surface area contributed by atoms with E-state index < -0.39 is 0 Å². The van der Waals surface area contributed by atoms with E-state index in [1.165, 1.54) is 11.3 Å². The maximum atomic E-state index is 6.57. The average Bonchev–Trinajstić information content (AvgIpc) is 2.37. The number of nitrogens with zero attached hydrogens (tertiary/aromatic N) is 2. The van der Waals surface area contributed by atoms with Crippen molar-refractivity contribution < 1.29 is 4.74 Å². The van der Waals surface area contributed by atoms with Crippen LogP contribution in [0.25, 0.3) is 4.85 Å². The third-order valence-corrected chi connectivity index (χ3v) is 1.89. The number of aromatic nitrogens is 1. The number of thiazole rings is 1. The Hall–Kier alpha value is -1.08. The van der Waals surface area contributed by atoms with Crippen LogP contribution in [0.3, 0.4) is 0 Å². The van der Waals surface area contributed by atoms with Gasteiger partial charge < -0.3 is 9.58 Å². The molecule has 0 N–H and O–H groups in total. The normalized spacial score (nSPS) is 8.80. The van der Waals surface area contributed by atoms with Crippen LogP contribution in [0.5, 0.6) is 5.19 Å². The summed E-state index contributed by atoms with van der Waals surface area (Å²) in [5, 5.41) is 0.624. The predicted molar refractivity (Wildman–Crippen MR) is 39.0 cm³/mol. The molecular formula is C6H6N2OS. The number of rotatable bonds is 2. The zero-order valence-corrected chi connectivity index (χ0v) is 6.31. The molecule has 1 aromatic rings. The topological polar surface area (TPSA) is 26.5 Å². The lowest BCUT2D eigenvalue weighted by Crippen LogP contribution is -1.76. The summed E-state index contributed by atoms with van der Waals surface area (Å²) in [7, 11) is 1.57. The Balaban J connectivity index is 2.70. The maximum absolute atomic E-state index is 6.57. The van der Waals surface area contributed by atoms with E-state index in [1.807, 2.05) is 0 Å². The third kappa shape index (κ3) is 1.45. The van der Waals surface area contributed by atoms with Gasteiger partial charge in [-0.25, -0.2) is 11.6 Å². The Bertz CT molecular complexity index is 250. The minimum absolute atomic E-state index is 0.404.